The van der Waals surface area contributed by atoms with Crippen molar-refractivity contribution in [2.24, 2.45) is 0 Å². The van der Waals surface area contributed by atoms with Crippen molar-refractivity contribution in [1.29, 1.82) is 0 Å². The summed E-state index contributed by atoms with van der Waals surface area (Å²) in [5, 5.41) is 3.33. The van der Waals surface area contributed by atoms with Gasteiger partial charge in [-0.2, -0.15) is 0 Å². The molecule has 1 aliphatic heterocycles. The van der Waals surface area contributed by atoms with Crippen LogP contribution in [0.15, 0.2) is 42.5 Å². The van der Waals surface area contributed by atoms with Gasteiger partial charge in [-0.1, -0.05) is 29.8 Å². The maximum absolute atomic E-state index is 12.5. The van der Waals surface area contributed by atoms with Gasteiger partial charge in [0.15, 0.2) is 0 Å². The van der Waals surface area contributed by atoms with Crippen molar-refractivity contribution in [1.82, 2.24) is 4.90 Å². The molecule has 27 heavy (non-hydrogen) atoms. The molecule has 0 aliphatic carbocycles. The zero-order chi connectivity index (χ0) is 19.2. The molecule has 1 heterocycles. The quantitative estimate of drug-likeness (QED) is 0.822. The normalized spacial score (nSPS) is 14.7. The Balaban J connectivity index is 1.56. The molecule has 1 N–H and O–H groups in total. The Bertz CT molecular complexity index is 778. The largest absolute Gasteiger partial charge is 0.495 e. The molecule has 0 spiro atoms. The zero-order valence-electron chi connectivity index (χ0n) is 15.6. The van der Waals surface area contributed by atoms with Gasteiger partial charge in [-0.05, 0) is 12.1 Å². The number of hydrogen-bond acceptors (Lipinski definition) is 5. The number of nitrogens with zero attached hydrogens (tertiary/aromatic N) is 2. The summed E-state index contributed by atoms with van der Waals surface area (Å²) in [5.41, 5.74) is 1.77. The van der Waals surface area contributed by atoms with Crippen LogP contribution in [0.2, 0.25) is 5.02 Å². The van der Waals surface area contributed by atoms with E-state index in [1.54, 1.807) is 12.1 Å². The molecule has 0 radical (unpaired) electrons. The molecule has 0 aromatic heterocycles. The number of anilines is 2. The molecule has 1 saturated heterocycles. The van der Waals surface area contributed by atoms with Gasteiger partial charge in [0.05, 0.1) is 31.5 Å². The molecule has 0 saturated carbocycles. The molecular weight excluding hydrogens is 366 g/mol. The molecule has 1 aliphatic rings. The number of para-hydroxylation sites is 1. The van der Waals surface area contributed by atoms with Gasteiger partial charge in [-0.15, -0.1) is 0 Å². The maximum Gasteiger partial charge on any atom is 0.238 e. The minimum absolute atomic E-state index is 0.0918. The van der Waals surface area contributed by atoms with Crippen LogP contribution >= 0.6 is 11.6 Å². The zero-order valence-corrected chi connectivity index (χ0v) is 16.3. The van der Waals surface area contributed by atoms with Crippen LogP contribution in [0.25, 0.3) is 0 Å². The van der Waals surface area contributed by atoms with Gasteiger partial charge in [0, 0.05) is 44.0 Å². The van der Waals surface area contributed by atoms with Gasteiger partial charge in [-0.25, -0.2) is 0 Å². The first kappa shape index (κ1) is 19.3. The fourth-order valence-electron chi connectivity index (χ4n) is 3.15. The second-order valence-corrected chi connectivity index (χ2v) is 6.74. The number of carbonyl (C=O) groups excluding carboxylic acids is 1. The highest BCUT2D eigenvalue weighted by Gasteiger charge is 2.20. The molecule has 7 heteroatoms. The number of methoxy groups -OCH3 is 2. The molecule has 0 unspecified atom stereocenters. The fourth-order valence-corrected chi connectivity index (χ4v) is 3.38. The first-order valence-corrected chi connectivity index (χ1v) is 9.22. The van der Waals surface area contributed by atoms with Crippen LogP contribution in [-0.2, 0) is 4.79 Å². The van der Waals surface area contributed by atoms with E-state index in [-0.39, 0.29) is 5.91 Å². The highest BCUT2D eigenvalue weighted by Crippen LogP contribution is 2.35. The number of hydrogen-bond donors (Lipinski definition) is 1. The van der Waals surface area contributed by atoms with E-state index in [9.17, 15) is 4.79 Å². The summed E-state index contributed by atoms with van der Waals surface area (Å²) in [6.45, 7) is 3.80. The number of piperazine rings is 1. The van der Waals surface area contributed by atoms with E-state index in [0.717, 1.165) is 26.2 Å². The topological polar surface area (TPSA) is 54.0 Å². The second kappa shape index (κ2) is 8.97. The average Bonchev–Trinajstić information content (AvgIpc) is 2.70. The van der Waals surface area contributed by atoms with Gasteiger partial charge >= 0.3 is 0 Å². The summed E-state index contributed by atoms with van der Waals surface area (Å²) >= 11 is 6.11. The second-order valence-electron chi connectivity index (χ2n) is 6.33. The van der Waals surface area contributed by atoms with Crippen molar-refractivity contribution < 1.29 is 14.3 Å². The minimum Gasteiger partial charge on any atom is -0.495 e. The van der Waals surface area contributed by atoms with Crippen LogP contribution in [-0.4, -0.2) is 57.8 Å². The van der Waals surface area contributed by atoms with Crippen LogP contribution in [0.5, 0.6) is 11.5 Å². The summed E-state index contributed by atoms with van der Waals surface area (Å²) in [4.78, 5) is 17.0. The number of halogens is 1. The number of carbonyl (C=O) groups is 1. The minimum atomic E-state index is -0.0918. The van der Waals surface area contributed by atoms with E-state index in [1.165, 1.54) is 19.9 Å². The third-order valence-corrected chi connectivity index (χ3v) is 4.90. The Morgan fingerprint density at radius 3 is 2.33 bits per heavy atom. The lowest BCUT2D eigenvalue weighted by molar-refractivity contribution is -0.117. The van der Waals surface area contributed by atoms with Crippen molar-refractivity contribution in [2.75, 3.05) is 57.2 Å². The first-order chi connectivity index (χ1) is 13.1. The van der Waals surface area contributed by atoms with Crippen molar-refractivity contribution >= 4 is 28.9 Å². The molecule has 144 valence electrons. The Morgan fingerprint density at radius 1 is 1.04 bits per heavy atom. The van der Waals surface area contributed by atoms with Crippen LogP contribution in [0.1, 0.15) is 0 Å². The van der Waals surface area contributed by atoms with E-state index < -0.39 is 0 Å². The Hall–Kier alpha value is -2.44. The van der Waals surface area contributed by atoms with Gasteiger partial charge in [0.2, 0.25) is 5.91 Å². The highest BCUT2D eigenvalue weighted by atomic mass is 35.5. The number of rotatable bonds is 6. The SMILES string of the molecule is COc1cc(NC(=O)CN2CCN(c3ccccc3)CC2)c(OC)cc1Cl. The maximum atomic E-state index is 12.5. The number of amides is 1. The lowest BCUT2D eigenvalue weighted by atomic mass is 10.2. The molecule has 1 amide bonds. The summed E-state index contributed by atoms with van der Waals surface area (Å²) in [6, 6.07) is 13.6. The Kier molecular flexibility index (Phi) is 6.42. The number of ether oxygens (including phenoxy) is 2. The van der Waals surface area contributed by atoms with Crippen LogP contribution in [0.4, 0.5) is 11.4 Å². The van der Waals surface area contributed by atoms with Crippen molar-refractivity contribution in [3.05, 3.63) is 47.5 Å². The number of benzene rings is 2. The fraction of sp³-hybridized carbons (Fsp3) is 0.350. The molecule has 1 fully saturated rings. The predicted octanol–water partition coefficient (Wildman–Crippen LogP) is 3.12. The molecule has 0 atom stereocenters. The van der Waals surface area contributed by atoms with E-state index in [0.29, 0.717) is 28.8 Å². The van der Waals surface area contributed by atoms with Gasteiger partial charge in [0.1, 0.15) is 11.5 Å². The van der Waals surface area contributed by atoms with Crippen molar-refractivity contribution in [3.63, 3.8) is 0 Å². The van der Waals surface area contributed by atoms with E-state index in [1.807, 2.05) is 18.2 Å². The lowest BCUT2D eigenvalue weighted by Gasteiger charge is -2.35. The summed E-state index contributed by atoms with van der Waals surface area (Å²) in [6.07, 6.45) is 0. The van der Waals surface area contributed by atoms with Crippen LogP contribution in [0, 0.1) is 0 Å². The molecule has 2 aromatic rings. The van der Waals surface area contributed by atoms with Crippen LogP contribution in [0.3, 0.4) is 0 Å². The predicted molar refractivity (Wildman–Crippen MR) is 108 cm³/mol. The monoisotopic (exact) mass is 389 g/mol. The van der Waals surface area contributed by atoms with E-state index in [2.05, 4.69) is 27.2 Å². The Morgan fingerprint density at radius 2 is 1.70 bits per heavy atom. The van der Waals surface area contributed by atoms with Gasteiger partial charge in [0.25, 0.3) is 0 Å². The Labute approximate surface area is 164 Å². The molecule has 3 rings (SSSR count). The third-order valence-electron chi connectivity index (χ3n) is 4.61. The summed E-state index contributed by atoms with van der Waals surface area (Å²) in [7, 11) is 3.07. The molecule has 2 aromatic carbocycles. The third kappa shape index (κ3) is 4.84. The van der Waals surface area contributed by atoms with Crippen molar-refractivity contribution in [2.45, 2.75) is 0 Å². The standard InChI is InChI=1S/C20H24ClN3O3/c1-26-18-13-17(19(27-2)12-16(18)21)22-20(25)14-23-8-10-24(11-9-23)15-6-4-3-5-7-15/h3-7,12-13H,8-11,14H2,1-2H3,(H,22,25). The first-order valence-electron chi connectivity index (χ1n) is 8.84. The van der Waals surface area contributed by atoms with Gasteiger partial charge in [-0.3, -0.25) is 9.69 Å². The van der Waals surface area contributed by atoms with Gasteiger partial charge < -0.3 is 19.7 Å². The molecule has 6 nitrogen and oxygen atoms in total. The van der Waals surface area contributed by atoms with Crippen molar-refractivity contribution in [3.8, 4) is 11.5 Å². The molecule has 0 bridgehead atoms. The summed E-state index contributed by atoms with van der Waals surface area (Å²) in [5.74, 6) is 0.901. The smallest absolute Gasteiger partial charge is 0.238 e. The van der Waals surface area contributed by atoms with E-state index >= 15 is 0 Å². The van der Waals surface area contributed by atoms with Crippen LogP contribution < -0.4 is 19.7 Å². The average molecular weight is 390 g/mol. The summed E-state index contributed by atoms with van der Waals surface area (Å²) < 4.78 is 10.5. The highest BCUT2D eigenvalue weighted by molar-refractivity contribution is 6.32. The number of nitrogens with one attached hydrogen (secondary N) is 1. The van der Waals surface area contributed by atoms with E-state index in [4.69, 9.17) is 21.1 Å². The molecular formula is C20H24ClN3O3. The lowest BCUT2D eigenvalue weighted by Crippen LogP contribution is -2.48.